The van der Waals surface area contributed by atoms with Gasteiger partial charge in [0.25, 0.3) is 0 Å². The van der Waals surface area contributed by atoms with E-state index in [1.54, 1.807) is 13.0 Å². The van der Waals surface area contributed by atoms with Crippen LogP contribution in [-0.2, 0) is 4.79 Å². The summed E-state index contributed by atoms with van der Waals surface area (Å²) in [6.07, 6.45) is 9.25. The normalized spacial score (nSPS) is 44.3. The van der Waals surface area contributed by atoms with Crippen molar-refractivity contribution >= 4 is 5.78 Å². The van der Waals surface area contributed by atoms with Gasteiger partial charge in [-0.1, -0.05) is 33.3 Å². The maximum absolute atomic E-state index is 11.3. The highest BCUT2D eigenvalue weighted by atomic mass is 16.3. The predicted octanol–water partition coefficient (Wildman–Crippen LogP) is 4.13. The van der Waals surface area contributed by atoms with Crippen molar-refractivity contribution in [2.45, 2.75) is 72.3 Å². The van der Waals surface area contributed by atoms with Gasteiger partial charge < -0.3 is 5.11 Å². The fourth-order valence-electron chi connectivity index (χ4n) is 5.22. The fraction of sp³-hybridized carbons (Fsp3) is 0.833. The molecule has 2 fully saturated rings. The van der Waals surface area contributed by atoms with Gasteiger partial charge in [-0.15, -0.1) is 0 Å². The summed E-state index contributed by atoms with van der Waals surface area (Å²) >= 11 is 0. The molecule has 2 rings (SSSR count). The number of carbonyl (C=O) groups excluding carboxylic acids is 1. The van der Waals surface area contributed by atoms with Gasteiger partial charge in [0.1, 0.15) is 0 Å². The Kier molecular flexibility index (Phi) is 3.92. The average Bonchev–Trinajstić information content (AvgIpc) is 2.25. The zero-order valence-electron chi connectivity index (χ0n) is 13.7. The maximum atomic E-state index is 11.3. The summed E-state index contributed by atoms with van der Waals surface area (Å²) in [5, 5.41) is 10.9. The van der Waals surface area contributed by atoms with Crippen LogP contribution in [0.1, 0.15) is 66.7 Å². The molecule has 0 aromatic rings. The number of carbonyl (C=O) groups is 1. The van der Waals surface area contributed by atoms with Crippen molar-refractivity contribution in [1.29, 1.82) is 0 Å². The standard InChI is InChI=1S/C18H30O2/c1-13(19)7-8-15-17(4)11-6-10-16(2,3)14(17)9-12-18(15,5)20/h7-8,14-15,20H,6,9-12H2,1-5H3/b8-7+. The van der Waals surface area contributed by atoms with Crippen molar-refractivity contribution in [3.63, 3.8) is 0 Å². The largest absolute Gasteiger partial charge is 0.390 e. The minimum absolute atomic E-state index is 0.0709. The van der Waals surface area contributed by atoms with Crippen molar-refractivity contribution in [2.75, 3.05) is 0 Å². The number of hydrogen-bond donors (Lipinski definition) is 1. The molecule has 20 heavy (non-hydrogen) atoms. The number of ketones is 1. The lowest BCUT2D eigenvalue weighted by atomic mass is 9.45. The summed E-state index contributed by atoms with van der Waals surface area (Å²) in [6.45, 7) is 10.6. The van der Waals surface area contributed by atoms with Crippen LogP contribution in [-0.4, -0.2) is 16.5 Å². The van der Waals surface area contributed by atoms with Gasteiger partial charge in [0.2, 0.25) is 0 Å². The third-order valence-electron chi connectivity index (χ3n) is 6.12. The molecule has 4 atom stereocenters. The molecule has 0 aliphatic heterocycles. The average molecular weight is 278 g/mol. The van der Waals surface area contributed by atoms with Gasteiger partial charge in [0.05, 0.1) is 5.60 Å². The molecule has 2 saturated carbocycles. The monoisotopic (exact) mass is 278 g/mol. The van der Waals surface area contributed by atoms with E-state index >= 15 is 0 Å². The molecular formula is C18H30O2. The molecule has 2 aliphatic carbocycles. The number of allylic oxidation sites excluding steroid dienone is 1. The smallest absolute Gasteiger partial charge is 0.152 e. The highest BCUT2D eigenvalue weighted by Gasteiger charge is 2.57. The molecule has 114 valence electrons. The van der Waals surface area contributed by atoms with Gasteiger partial charge in [-0.25, -0.2) is 0 Å². The highest BCUT2D eigenvalue weighted by molar-refractivity contribution is 5.87. The van der Waals surface area contributed by atoms with Crippen LogP contribution in [0, 0.1) is 22.7 Å². The Balaban J connectivity index is 2.40. The van der Waals surface area contributed by atoms with Gasteiger partial charge >= 0.3 is 0 Å². The van der Waals surface area contributed by atoms with E-state index in [0.717, 1.165) is 19.3 Å². The number of hydrogen-bond acceptors (Lipinski definition) is 2. The molecule has 1 N–H and O–H groups in total. The minimum Gasteiger partial charge on any atom is -0.390 e. The Labute approximate surface area is 123 Å². The molecule has 2 aliphatic rings. The summed E-state index contributed by atoms with van der Waals surface area (Å²) in [5.41, 5.74) is -0.244. The summed E-state index contributed by atoms with van der Waals surface area (Å²) in [5.74, 6) is 0.782. The number of fused-ring (bicyclic) bond motifs is 1. The molecule has 0 bridgehead atoms. The van der Waals surface area contributed by atoms with Crippen LogP contribution < -0.4 is 0 Å². The molecule has 0 spiro atoms. The van der Waals surface area contributed by atoms with Crippen molar-refractivity contribution in [3.05, 3.63) is 12.2 Å². The molecule has 4 unspecified atom stereocenters. The first kappa shape index (κ1) is 15.8. The molecule has 0 saturated heterocycles. The SMILES string of the molecule is CC(=O)/C=C/C1C(C)(O)CCC2C(C)(C)CCCC21C. The summed E-state index contributed by atoms with van der Waals surface area (Å²) in [7, 11) is 0. The summed E-state index contributed by atoms with van der Waals surface area (Å²) in [4.78, 5) is 11.3. The third-order valence-corrected chi connectivity index (χ3v) is 6.12. The lowest BCUT2D eigenvalue weighted by molar-refractivity contribution is -0.149. The van der Waals surface area contributed by atoms with Crippen LogP contribution in [0.2, 0.25) is 0 Å². The second-order valence-corrected chi connectivity index (χ2v) is 8.24. The Hall–Kier alpha value is -0.630. The molecule has 2 heteroatoms. The molecule has 2 nitrogen and oxygen atoms in total. The van der Waals surface area contributed by atoms with Crippen LogP contribution in [0.25, 0.3) is 0 Å². The maximum Gasteiger partial charge on any atom is 0.152 e. The van der Waals surface area contributed by atoms with Gasteiger partial charge in [-0.2, -0.15) is 0 Å². The topological polar surface area (TPSA) is 37.3 Å². The van der Waals surface area contributed by atoms with E-state index in [4.69, 9.17) is 0 Å². The summed E-state index contributed by atoms with van der Waals surface area (Å²) < 4.78 is 0. The Morgan fingerprint density at radius 1 is 1.15 bits per heavy atom. The van der Waals surface area contributed by atoms with Crippen molar-refractivity contribution in [1.82, 2.24) is 0 Å². The van der Waals surface area contributed by atoms with E-state index in [0.29, 0.717) is 11.3 Å². The van der Waals surface area contributed by atoms with Crippen molar-refractivity contribution < 1.29 is 9.90 Å². The van der Waals surface area contributed by atoms with E-state index < -0.39 is 5.60 Å². The second-order valence-electron chi connectivity index (χ2n) is 8.24. The second kappa shape index (κ2) is 4.98. The highest BCUT2D eigenvalue weighted by Crippen LogP contribution is 2.62. The van der Waals surface area contributed by atoms with Crippen LogP contribution in [0.5, 0.6) is 0 Å². The Morgan fingerprint density at radius 2 is 1.80 bits per heavy atom. The first-order chi connectivity index (χ1) is 9.09. The van der Waals surface area contributed by atoms with Crippen molar-refractivity contribution in [2.24, 2.45) is 22.7 Å². The van der Waals surface area contributed by atoms with E-state index in [2.05, 4.69) is 20.8 Å². The molecule has 0 heterocycles. The van der Waals surface area contributed by atoms with E-state index in [1.165, 1.54) is 12.8 Å². The quantitative estimate of drug-likeness (QED) is 0.771. The van der Waals surface area contributed by atoms with Crippen LogP contribution >= 0.6 is 0 Å². The Morgan fingerprint density at radius 3 is 2.40 bits per heavy atom. The Bertz CT molecular complexity index is 419. The molecule has 0 aromatic carbocycles. The number of rotatable bonds is 2. The third kappa shape index (κ3) is 2.59. The number of aliphatic hydroxyl groups is 1. The van der Waals surface area contributed by atoms with Crippen LogP contribution in [0.4, 0.5) is 0 Å². The molecule has 0 radical (unpaired) electrons. The zero-order chi connectivity index (χ0) is 15.2. The molecule has 0 amide bonds. The zero-order valence-corrected chi connectivity index (χ0v) is 13.7. The van der Waals surface area contributed by atoms with Gasteiger partial charge in [-0.05, 0) is 62.4 Å². The van der Waals surface area contributed by atoms with Gasteiger partial charge in [-0.3, -0.25) is 4.79 Å². The predicted molar refractivity (Wildman–Crippen MR) is 82.4 cm³/mol. The van der Waals surface area contributed by atoms with Crippen LogP contribution in [0.15, 0.2) is 12.2 Å². The van der Waals surface area contributed by atoms with E-state index in [9.17, 15) is 9.90 Å². The summed E-state index contributed by atoms with van der Waals surface area (Å²) in [6, 6.07) is 0. The van der Waals surface area contributed by atoms with E-state index in [-0.39, 0.29) is 17.1 Å². The lowest BCUT2D eigenvalue weighted by Gasteiger charge is -2.60. The lowest BCUT2D eigenvalue weighted by Crippen LogP contribution is -2.56. The first-order valence-electron chi connectivity index (χ1n) is 8.01. The molecule has 0 aromatic heterocycles. The van der Waals surface area contributed by atoms with Gasteiger partial charge in [0, 0.05) is 5.92 Å². The van der Waals surface area contributed by atoms with Gasteiger partial charge in [0.15, 0.2) is 5.78 Å². The van der Waals surface area contributed by atoms with Crippen LogP contribution in [0.3, 0.4) is 0 Å². The first-order valence-corrected chi connectivity index (χ1v) is 8.01. The molecular weight excluding hydrogens is 248 g/mol. The fourth-order valence-corrected chi connectivity index (χ4v) is 5.22. The minimum atomic E-state index is -0.690. The van der Waals surface area contributed by atoms with Crippen molar-refractivity contribution in [3.8, 4) is 0 Å². The van der Waals surface area contributed by atoms with E-state index in [1.807, 2.05) is 13.0 Å².